The maximum Gasteiger partial charge on any atom is 0.135 e. The van der Waals surface area contributed by atoms with Gasteiger partial charge in [-0.05, 0) is 35.7 Å². The molecule has 0 saturated carbocycles. The highest BCUT2D eigenvalue weighted by molar-refractivity contribution is 5.59. The van der Waals surface area contributed by atoms with Crippen molar-refractivity contribution in [2.75, 3.05) is 10.6 Å². The minimum Gasteiger partial charge on any atom is -0.364 e. The lowest BCUT2D eigenvalue weighted by Crippen LogP contribution is -2.04. The van der Waals surface area contributed by atoms with E-state index in [4.69, 9.17) is 0 Å². The minimum absolute atomic E-state index is 0.528. The fourth-order valence-electron chi connectivity index (χ4n) is 2.31. The topological polar surface area (TPSA) is 62.7 Å². The molecule has 0 aliphatic rings. The van der Waals surface area contributed by atoms with E-state index >= 15 is 0 Å². The van der Waals surface area contributed by atoms with Gasteiger partial charge in [0, 0.05) is 18.0 Å². The molecule has 122 valence electrons. The molecule has 1 aromatic carbocycles. The van der Waals surface area contributed by atoms with Crippen molar-refractivity contribution in [3.8, 4) is 0 Å². The van der Waals surface area contributed by atoms with Crippen LogP contribution in [0.5, 0.6) is 0 Å². The van der Waals surface area contributed by atoms with Gasteiger partial charge in [-0.25, -0.2) is 9.97 Å². The Labute approximate surface area is 142 Å². The molecule has 0 spiro atoms. The van der Waals surface area contributed by atoms with E-state index in [0.717, 1.165) is 23.0 Å². The number of aromatic nitrogens is 3. The molecular formula is C19H21N5. The Morgan fingerprint density at radius 3 is 2.42 bits per heavy atom. The number of benzene rings is 1. The monoisotopic (exact) mass is 319 g/mol. The van der Waals surface area contributed by atoms with Crippen LogP contribution in [-0.2, 0) is 6.54 Å². The number of pyridine rings is 1. The summed E-state index contributed by atoms with van der Waals surface area (Å²) in [5.74, 6) is 2.04. The van der Waals surface area contributed by atoms with Crippen LogP contribution in [0.4, 0.5) is 17.3 Å². The van der Waals surface area contributed by atoms with Crippen LogP contribution in [0.2, 0.25) is 0 Å². The molecule has 5 nitrogen and oxygen atoms in total. The smallest absolute Gasteiger partial charge is 0.135 e. The highest BCUT2D eigenvalue weighted by atomic mass is 15.1. The molecule has 3 aromatic rings. The summed E-state index contributed by atoms with van der Waals surface area (Å²) in [6.45, 7) is 5.00. The van der Waals surface area contributed by atoms with E-state index in [9.17, 15) is 0 Å². The Hall–Kier alpha value is -2.95. The van der Waals surface area contributed by atoms with Gasteiger partial charge in [0.25, 0.3) is 0 Å². The zero-order valence-corrected chi connectivity index (χ0v) is 13.9. The normalized spacial score (nSPS) is 10.6. The quantitative estimate of drug-likeness (QED) is 0.707. The van der Waals surface area contributed by atoms with Crippen LogP contribution in [0, 0.1) is 0 Å². The second-order valence-corrected chi connectivity index (χ2v) is 5.86. The molecule has 0 unspecified atom stereocenters. The number of hydrogen-bond donors (Lipinski definition) is 2. The van der Waals surface area contributed by atoms with Crippen LogP contribution in [0.25, 0.3) is 0 Å². The molecule has 0 radical (unpaired) electrons. The standard InChI is InChI=1S/C19H21N5/c1-14(2)15-6-8-16(9-7-15)24-19-11-18(22-13-23-19)21-12-17-5-3-4-10-20-17/h3-11,13-14H,12H2,1-2H3,(H2,21,22,23,24). The van der Waals surface area contributed by atoms with E-state index < -0.39 is 0 Å². The van der Waals surface area contributed by atoms with Gasteiger partial charge in [-0.2, -0.15) is 0 Å². The first-order chi connectivity index (χ1) is 11.7. The molecule has 2 N–H and O–H groups in total. The largest absolute Gasteiger partial charge is 0.364 e. The van der Waals surface area contributed by atoms with Gasteiger partial charge in [0.2, 0.25) is 0 Å². The lowest BCUT2D eigenvalue weighted by molar-refractivity contribution is 0.867. The maximum absolute atomic E-state index is 4.28. The Bertz CT molecular complexity index is 769. The molecule has 0 aliphatic heterocycles. The second kappa shape index (κ2) is 7.55. The molecule has 2 heterocycles. The first-order valence-electron chi connectivity index (χ1n) is 8.03. The Kier molecular flexibility index (Phi) is 5.01. The van der Waals surface area contributed by atoms with E-state index in [0.29, 0.717) is 12.5 Å². The molecule has 0 saturated heterocycles. The molecule has 5 heteroatoms. The van der Waals surface area contributed by atoms with Crippen molar-refractivity contribution in [3.63, 3.8) is 0 Å². The first kappa shape index (κ1) is 15.9. The molecule has 0 fully saturated rings. The van der Waals surface area contributed by atoms with Gasteiger partial charge in [0.1, 0.15) is 18.0 Å². The third-order valence-electron chi connectivity index (χ3n) is 3.69. The molecule has 3 rings (SSSR count). The number of nitrogens with one attached hydrogen (secondary N) is 2. The summed E-state index contributed by atoms with van der Waals surface area (Å²) < 4.78 is 0. The Balaban J connectivity index is 1.64. The van der Waals surface area contributed by atoms with E-state index in [1.807, 2.05) is 24.3 Å². The van der Waals surface area contributed by atoms with E-state index in [2.05, 4.69) is 63.7 Å². The third-order valence-corrected chi connectivity index (χ3v) is 3.69. The first-order valence-corrected chi connectivity index (χ1v) is 8.03. The molecule has 0 bridgehead atoms. The van der Waals surface area contributed by atoms with Crippen molar-refractivity contribution in [2.24, 2.45) is 0 Å². The zero-order valence-electron chi connectivity index (χ0n) is 13.9. The summed E-state index contributed by atoms with van der Waals surface area (Å²) in [6, 6.07) is 16.1. The SMILES string of the molecule is CC(C)c1ccc(Nc2cc(NCc3ccccn3)ncn2)cc1. The molecule has 0 atom stereocenters. The van der Waals surface area contributed by atoms with Gasteiger partial charge >= 0.3 is 0 Å². The number of hydrogen-bond acceptors (Lipinski definition) is 5. The number of nitrogens with zero attached hydrogens (tertiary/aromatic N) is 3. The number of rotatable bonds is 6. The van der Waals surface area contributed by atoms with Gasteiger partial charge in [0.15, 0.2) is 0 Å². The molecule has 24 heavy (non-hydrogen) atoms. The lowest BCUT2D eigenvalue weighted by Gasteiger charge is -2.10. The average molecular weight is 319 g/mol. The fourth-order valence-corrected chi connectivity index (χ4v) is 2.31. The van der Waals surface area contributed by atoms with Gasteiger partial charge in [-0.3, -0.25) is 4.98 Å². The molecule has 0 amide bonds. The van der Waals surface area contributed by atoms with Crippen LogP contribution >= 0.6 is 0 Å². The van der Waals surface area contributed by atoms with Crippen molar-refractivity contribution in [1.29, 1.82) is 0 Å². The summed E-state index contributed by atoms with van der Waals surface area (Å²) in [4.78, 5) is 12.8. The van der Waals surface area contributed by atoms with Crippen LogP contribution in [0.1, 0.15) is 31.0 Å². The minimum atomic E-state index is 0.528. The third kappa shape index (κ3) is 4.29. The summed E-state index contributed by atoms with van der Waals surface area (Å²) >= 11 is 0. The Morgan fingerprint density at radius 1 is 0.917 bits per heavy atom. The van der Waals surface area contributed by atoms with Crippen LogP contribution in [-0.4, -0.2) is 15.0 Å². The van der Waals surface area contributed by atoms with Crippen molar-refractivity contribution in [2.45, 2.75) is 26.3 Å². The second-order valence-electron chi connectivity index (χ2n) is 5.86. The zero-order chi connectivity index (χ0) is 16.8. The highest BCUT2D eigenvalue weighted by Gasteiger charge is 2.02. The van der Waals surface area contributed by atoms with Crippen LogP contribution < -0.4 is 10.6 Å². The maximum atomic E-state index is 4.28. The van der Waals surface area contributed by atoms with Crippen LogP contribution in [0.15, 0.2) is 61.1 Å². The highest BCUT2D eigenvalue weighted by Crippen LogP contribution is 2.20. The summed E-state index contributed by atoms with van der Waals surface area (Å²) in [6.07, 6.45) is 3.33. The summed E-state index contributed by atoms with van der Waals surface area (Å²) in [7, 11) is 0. The molecule has 2 aromatic heterocycles. The molecule has 0 aliphatic carbocycles. The van der Waals surface area contributed by atoms with Crippen molar-refractivity contribution in [3.05, 3.63) is 72.3 Å². The fraction of sp³-hybridized carbons (Fsp3) is 0.211. The molecular weight excluding hydrogens is 298 g/mol. The predicted octanol–water partition coefficient (Wildman–Crippen LogP) is 4.35. The van der Waals surface area contributed by atoms with E-state index in [1.54, 1.807) is 12.5 Å². The number of anilines is 3. The van der Waals surface area contributed by atoms with Gasteiger partial charge < -0.3 is 10.6 Å². The predicted molar refractivity (Wildman–Crippen MR) is 97.4 cm³/mol. The van der Waals surface area contributed by atoms with Gasteiger partial charge in [-0.1, -0.05) is 32.0 Å². The van der Waals surface area contributed by atoms with Gasteiger partial charge in [0.05, 0.1) is 12.2 Å². The van der Waals surface area contributed by atoms with Crippen LogP contribution in [0.3, 0.4) is 0 Å². The average Bonchev–Trinajstić information content (AvgIpc) is 2.62. The lowest BCUT2D eigenvalue weighted by atomic mass is 10.0. The van der Waals surface area contributed by atoms with Crippen molar-refractivity contribution in [1.82, 2.24) is 15.0 Å². The van der Waals surface area contributed by atoms with E-state index in [-0.39, 0.29) is 0 Å². The summed E-state index contributed by atoms with van der Waals surface area (Å²) in [5.41, 5.74) is 3.30. The van der Waals surface area contributed by atoms with Crippen molar-refractivity contribution < 1.29 is 0 Å². The van der Waals surface area contributed by atoms with Gasteiger partial charge in [-0.15, -0.1) is 0 Å². The summed E-state index contributed by atoms with van der Waals surface area (Å²) in [5, 5.41) is 6.56. The van der Waals surface area contributed by atoms with Crippen molar-refractivity contribution >= 4 is 17.3 Å². The Morgan fingerprint density at radius 2 is 1.71 bits per heavy atom. The van der Waals surface area contributed by atoms with E-state index in [1.165, 1.54) is 5.56 Å².